The average Bonchev–Trinajstić information content (AvgIpc) is 2.57. The SMILES string of the molecule is Cc1ccc(CC(=O)N2CCN(c3ccc(C)cc3C)CC2)cc1. The Kier molecular flexibility index (Phi) is 4.89. The normalized spacial score (nSPS) is 14.8. The molecule has 0 spiro atoms. The van der Waals surface area contributed by atoms with Crippen molar-refractivity contribution < 1.29 is 4.79 Å². The van der Waals surface area contributed by atoms with E-state index in [1.165, 1.54) is 22.4 Å². The van der Waals surface area contributed by atoms with Gasteiger partial charge >= 0.3 is 0 Å². The van der Waals surface area contributed by atoms with Crippen LogP contribution < -0.4 is 4.90 Å². The van der Waals surface area contributed by atoms with Crippen LogP contribution in [0, 0.1) is 20.8 Å². The molecule has 0 N–H and O–H groups in total. The third-order valence-electron chi connectivity index (χ3n) is 4.80. The first kappa shape index (κ1) is 16.6. The highest BCUT2D eigenvalue weighted by molar-refractivity contribution is 5.79. The predicted molar refractivity (Wildman–Crippen MR) is 99.6 cm³/mol. The third-order valence-corrected chi connectivity index (χ3v) is 4.80. The second-order valence-corrected chi connectivity index (χ2v) is 6.82. The van der Waals surface area contributed by atoms with Crippen molar-refractivity contribution in [3.63, 3.8) is 0 Å². The van der Waals surface area contributed by atoms with Crippen LogP contribution in [0.15, 0.2) is 42.5 Å². The van der Waals surface area contributed by atoms with Crippen LogP contribution in [0.4, 0.5) is 5.69 Å². The van der Waals surface area contributed by atoms with Gasteiger partial charge in [0.2, 0.25) is 5.91 Å². The molecule has 24 heavy (non-hydrogen) atoms. The number of benzene rings is 2. The Balaban J connectivity index is 1.58. The van der Waals surface area contributed by atoms with E-state index in [4.69, 9.17) is 0 Å². The van der Waals surface area contributed by atoms with Crippen LogP contribution in [-0.2, 0) is 11.2 Å². The summed E-state index contributed by atoms with van der Waals surface area (Å²) >= 11 is 0. The summed E-state index contributed by atoms with van der Waals surface area (Å²) in [6, 6.07) is 14.8. The number of aryl methyl sites for hydroxylation is 3. The highest BCUT2D eigenvalue weighted by Crippen LogP contribution is 2.22. The fourth-order valence-electron chi connectivity index (χ4n) is 3.35. The Morgan fingerprint density at radius 1 is 0.875 bits per heavy atom. The number of hydrogen-bond donors (Lipinski definition) is 0. The van der Waals surface area contributed by atoms with Gasteiger partial charge in [-0.1, -0.05) is 47.5 Å². The van der Waals surface area contributed by atoms with Crippen molar-refractivity contribution in [2.45, 2.75) is 27.2 Å². The van der Waals surface area contributed by atoms with Crippen LogP contribution in [0.1, 0.15) is 22.3 Å². The monoisotopic (exact) mass is 322 g/mol. The van der Waals surface area contributed by atoms with Gasteiger partial charge in [0.1, 0.15) is 0 Å². The minimum Gasteiger partial charge on any atom is -0.368 e. The molecule has 1 heterocycles. The maximum atomic E-state index is 12.5. The zero-order valence-corrected chi connectivity index (χ0v) is 14.9. The average molecular weight is 322 g/mol. The number of hydrogen-bond acceptors (Lipinski definition) is 2. The van der Waals surface area contributed by atoms with Crippen LogP contribution in [0.5, 0.6) is 0 Å². The van der Waals surface area contributed by atoms with Crippen LogP contribution in [0.3, 0.4) is 0 Å². The summed E-state index contributed by atoms with van der Waals surface area (Å²) in [5, 5.41) is 0. The smallest absolute Gasteiger partial charge is 0.227 e. The lowest BCUT2D eigenvalue weighted by Crippen LogP contribution is -2.49. The van der Waals surface area contributed by atoms with Crippen LogP contribution in [0.2, 0.25) is 0 Å². The summed E-state index contributed by atoms with van der Waals surface area (Å²) in [6.07, 6.45) is 0.504. The molecule has 1 aliphatic heterocycles. The molecule has 3 nitrogen and oxygen atoms in total. The molecule has 0 unspecified atom stereocenters. The molecular weight excluding hydrogens is 296 g/mol. The maximum absolute atomic E-state index is 12.5. The van der Waals surface area contributed by atoms with E-state index < -0.39 is 0 Å². The van der Waals surface area contributed by atoms with E-state index in [0.29, 0.717) is 6.42 Å². The number of piperazine rings is 1. The van der Waals surface area contributed by atoms with Gasteiger partial charge in [-0.05, 0) is 38.0 Å². The molecule has 126 valence electrons. The Morgan fingerprint density at radius 2 is 1.50 bits per heavy atom. The highest BCUT2D eigenvalue weighted by atomic mass is 16.2. The lowest BCUT2D eigenvalue weighted by atomic mass is 10.1. The Hall–Kier alpha value is -2.29. The molecule has 3 rings (SSSR count). The van der Waals surface area contributed by atoms with Gasteiger partial charge in [-0.15, -0.1) is 0 Å². The van der Waals surface area contributed by atoms with Crippen molar-refractivity contribution in [1.82, 2.24) is 4.90 Å². The summed E-state index contributed by atoms with van der Waals surface area (Å²) in [5.74, 6) is 0.235. The standard InChI is InChI=1S/C21H26N2O/c1-16-4-7-19(8-5-16)15-21(24)23-12-10-22(11-13-23)20-9-6-17(2)14-18(20)3/h4-9,14H,10-13,15H2,1-3H3. The second-order valence-electron chi connectivity index (χ2n) is 6.82. The maximum Gasteiger partial charge on any atom is 0.227 e. The summed E-state index contributed by atoms with van der Waals surface area (Å²) in [4.78, 5) is 16.9. The fourth-order valence-corrected chi connectivity index (χ4v) is 3.35. The lowest BCUT2D eigenvalue weighted by Gasteiger charge is -2.37. The minimum atomic E-state index is 0.235. The van der Waals surface area contributed by atoms with Crippen LogP contribution >= 0.6 is 0 Å². The van der Waals surface area contributed by atoms with Crippen molar-refractivity contribution in [2.75, 3.05) is 31.1 Å². The van der Waals surface area contributed by atoms with Gasteiger partial charge in [-0.2, -0.15) is 0 Å². The number of nitrogens with zero attached hydrogens (tertiary/aromatic N) is 2. The summed E-state index contributed by atoms with van der Waals surface area (Å²) < 4.78 is 0. The van der Waals surface area contributed by atoms with Gasteiger partial charge in [-0.3, -0.25) is 4.79 Å². The fraction of sp³-hybridized carbons (Fsp3) is 0.381. The largest absolute Gasteiger partial charge is 0.368 e. The van der Waals surface area contributed by atoms with E-state index in [2.05, 4.69) is 68.1 Å². The minimum absolute atomic E-state index is 0.235. The van der Waals surface area contributed by atoms with Gasteiger partial charge in [-0.25, -0.2) is 0 Å². The molecule has 0 aliphatic carbocycles. The molecule has 1 aliphatic rings. The van der Waals surface area contributed by atoms with Crippen LogP contribution in [0.25, 0.3) is 0 Å². The van der Waals surface area contributed by atoms with E-state index in [9.17, 15) is 4.79 Å². The highest BCUT2D eigenvalue weighted by Gasteiger charge is 2.22. The Morgan fingerprint density at radius 3 is 2.12 bits per heavy atom. The van der Waals surface area contributed by atoms with E-state index in [-0.39, 0.29) is 5.91 Å². The number of carbonyl (C=O) groups is 1. The third kappa shape index (κ3) is 3.78. The molecule has 3 heteroatoms. The number of amides is 1. The zero-order valence-electron chi connectivity index (χ0n) is 14.9. The van der Waals surface area contributed by atoms with Gasteiger partial charge in [0.05, 0.1) is 6.42 Å². The van der Waals surface area contributed by atoms with Gasteiger partial charge < -0.3 is 9.80 Å². The van der Waals surface area contributed by atoms with Crippen molar-refractivity contribution >= 4 is 11.6 Å². The Labute approximate surface area is 144 Å². The molecule has 2 aromatic rings. The van der Waals surface area contributed by atoms with Gasteiger partial charge in [0.25, 0.3) is 0 Å². The van der Waals surface area contributed by atoms with Gasteiger partial charge in [0.15, 0.2) is 0 Å². The van der Waals surface area contributed by atoms with E-state index in [1.54, 1.807) is 0 Å². The number of rotatable bonds is 3. The molecule has 0 bridgehead atoms. The Bertz CT molecular complexity index is 713. The second kappa shape index (κ2) is 7.08. The van der Waals surface area contributed by atoms with Crippen LogP contribution in [-0.4, -0.2) is 37.0 Å². The van der Waals surface area contributed by atoms with Crippen molar-refractivity contribution in [1.29, 1.82) is 0 Å². The molecule has 1 saturated heterocycles. The number of carbonyl (C=O) groups excluding carboxylic acids is 1. The summed E-state index contributed by atoms with van der Waals surface area (Å²) in [7, 11) is 0. The molecule has 2 aromatic carbocycles. The zero-order chi connectivity index (χ0) is 17.1. The molecule has 1 amide bonds. The van der Waals surface area contributed by atoms with Crippen molar-refractivity contribution in [3.8, 4) is 0 Å². The molecule has 1 fully saturated rings. The summed E-state index contributed by atoms with van der Waals surface area (Å²) in [5.41, 5.74) is 6.24. The predicted octanol–water partition coefficient (Wildman–Crippen LogP) is 3.50. The quantitative estimate of drug-likeness (QED) is 0.863. The number of anilines is 1. The van der Waals surface area contributed by atoms with E-state index >= 15 is 0 Å². The van der Waals surface area contributed by atoms with E-state index in [1.807, 2.05) is 4.90 Å². The summed E-state index contributed by atoms with van der Waals surface area (Å²) in [6.45, 7) is 9.77. The first-order valence-electron chi connectivity index (χ1n) is 8.68. The lowest BCUT2D eigenvalue weighted by molar-refractivity contribution is -0.130. The first-order chi connectivity index (χ1) is 11.5. The molecule has 0 aromatic heterocycles. The molecule has 0 radical (unpaired) electrons. The molecule has 0 saturated carbocycles. The van der Waals surface area contributed by atoms with E-state index in [0.717, 1.165) is 31.7 Å². The molecular formula is C21H26N2O. The topological polar surface area (TPSA) is 23.6 Å². The molecule has 0 atom stereocenters. The van der Waals surface area contributed by atoms with Crippen molar-refractivity contribution in [3.05, 3.63) is 64.7 Å². The first-order valence-corrected chi connectivity index (χ1v) is 8.68. The van der Waals surface area contributed by atoms with Gasteiger partial charge in [0, 0.05) is 31.9 Å². The van der Waals surface area contributed by atoms with Crippen molar-refractivity contribution in [2.24, 2.45) is 0 Å².